The normalized spacial score (nSPS) is 11.4. The molecule has 17 heavy (non-hydrogen) atoms. The van der Waals surface area contributed by atoms with Gasteiger partial charge in [0.2, 0.25) is 0 Å². The Morgan fingerprint density at radius 3 is 2.41 bits per heavy atom. The number of carbonyl (C=O) groups excluding carboxylic acids is 1. The molecular weight excluding hydrogens is 257 g/mol. The molecule has 1 aromatic carbocycles. The van der Waals surface area contributed by atoms with Crippen LogP contribution in [0.25, 0.3) is 0 Å². The Morgan fingerprint density at radius 1 is 1.41 bits per heavy atom. The van der Waals surface area contributed by atoms with Crippen molar-refractivity contribution in [3.8, 4) is 5.75 Å². The number of alkyl halides is 3. The van der Waals surface area contributed by atoms with E-state index in [9.17, 15) is 18.0 Å². The third-order valence-corrected chi connectivity index (χ3v) is 2.35. The average molecular weight is 267 g/mol. The van der Waals surface area contributed by atoms with E-state index in [2.05, 4.69) is 0 Å². The summed E-state index contributed by atoms with van der Waals surface area (Å²) in [6, 6.07) is 1.85. The van der Waals surface area contributed by atoms with Gasteiger partial charge in [-0.1, -0.05) is 11.6 Å². The van der Waals surface area contributed by atoms with Crippen LogP contribution in [0.15, 0.2) is 12.1 Å². The van der Waals surface area contributed by atoms with E-state index in [4.69, 9.17) is 16.3 Å². The molecule has 1 rings (SSSR count). The van der Waals surface area contributed by atoms with Crippen LogP contribution in [-0.2, 0) is 6.18 Å². The fourth-order valence-corrected chi connectivity index (χ4v) is 1.64. The van der Waals surface area contributed by atoms with Crippen LogP contribution in [0, 0.1) is 0 Å². The number of ketones is 1. The standard InChI is InChI=1S/C11H10ClF3O2/c1-3-17-10-8(12)5-4-7(11(13,14)15)9(10)6(2)16/h4-5H,3H2,1-2H3. The minimum Gasteiger partial charge on any atom is -0.492 e. The van der Waals surface area contributed by atoms with Gasteiger partial charge in [0.1, 0.15) is 5.75 Å². The molecule has 0 aromatic heterocycles. The van der Waals surface area contributed by atoms with Crippen molar-refractivity contribution in [3.05, 3.63) is 28.3 Å². The van der Waals surface area contributed by atoms with Gasteiger partial charge in [0, 0.05) is 0 Å². The van der Waals surface area contributed by atoms with E-state index in [0.717, 1.165) is 19.1 Å². The van der Waals surface area contributed by atoms with E-state index in [1.807, 2.05) is 0 Å². The Balaban J connectivity index is 3.53. The molecule has 0 heterocycles. The number of benzene rings is 1. The fraction of sp³-hybridized carbons (Fsp3) is 0.364. The molecule has 0 atom stereocenters. The highest BCUT2D eigenvalue weighted by atomic mass is 35.5. The summed E-state index contributed by atoms with van der Waals surface area (Å²) in [5.41, 5.74) is -1.55. The van der Waals surface area contributed by atoms with Crippen molar-refractivity contribution >= 4 is 17.4 Å². The zero-order valence-corrected chi connectivity index (χ0v) is 9.95. The van der Waals surface area contributed by atoms with E-state index in [1.165, 1.54) is 0 Å². The summed E-state index contributed by atoms with van der Waals surface area (Å²) >= 11 is 5.73. The van der Waals surface area contributed by atoms with Crippen LogP contribution in [0.4, 0.5) is 13.2 Å². The average Bonchev–Trinajstić information content (AvgIpc) is 2.18. The van der Waals surface area contributed by atoms with Crippen LogP contribution in [-0.4, -0.2) is 12.4 Å². The van der Waals surface area contributed by atoms with Gasteiger partial charge in [-0.3, -0.25) is 4.79 Å². The summed E-state index contributed by atoms with van der Waals surface area (Å²) in [6.07, 6.45) is -4.61. The van der Waals surface area contributed by atoms with Gasteiger partial charge in [0.15, 0.2) is 5.78 Å². The lowest BCUT2D eigenvalue weighted by atomic mass is 10.0. The first-order chi connectivity index (χ1) is 7.79. The Hall–Kier alpha value is -1.23. The van der Waals surface area contributed by atoms with Crippen molar-refractivity contribution in [2.24, 2.45) is 0 Å². The van der Waals surface area contributed by atoms with E-state index < -0.39 is 23.1 Å². The Bertz CT molecular complexity index is 441. The van der Waals surface area contributed by atoms with Crippen molar-refractivity contribution in [2.75, 3.05) is 6.61 Å². The van der Waals surface area contributed by atoms with Gasteiger partial charge in [-0.05, 0) is 26.0 Å². The quantitative estimate of drug-likeness (QED) is 0.774. The van der Waals surface area contributed by atoms with E-state index in [1.54, 1.807) is 6.92 Å². The number of halogens is 4. The molecule has 1 aromatic rings. The molecule has 2 nitrogen and oxygen atoms in total. The highest BCUT2D eigenvalue weighted by Gasteiger charge is 2.36. The lowest BCUT2D eigenvalue weighted by molar-refractivity contribution is -0.138. The first-order valence-corrected chi connectivity index (χ1v) is 5.20. The van der Waals surface area contributed by atoms with Gasteiger partial charge in [-0.2, -0.15) is 13.2 Å². The Labute approximate surface area is 101 Å². The van der Waals surface area contributed by atoms with Crippen molar-refractivity contribution in [2.45, 2.75) is 20.0 Å². The van der Waals surface area contributed by atoms with E-state index in [0.29, 0.717) is 0 Å². The highest BCUT2D eigenvalue weighted by molar-refractivity contribution is 6.32. The first-order valence-electron chi connectivity index (χ1n) is 4.82. The number of carbonyl (C=O) groups is 1. The van der Waals surface area contributed by atoms with Crippen LogP contribution >= 0.6 is 11.6 Å². The zero-order valence-electron chi connectivity index (χ0n) is 9.19. The number of rotatable bonds is 3. The minimum atomic E-state index is -4.61. The molecular formula is C11H10ClF3O2. The molecule has 0 saturated heterocycles. The summed E-state index contributed by atoms with van der Waals surface area (Å²) < 4.78 is 43.1. The molecule has 0 aliphatic carbocycles. The maximum absolute atomic E-state index is 12.7. The van der Waals surface area contributed by atoms with Crippen molar-refractivity contribution in [3.63, 3.8) is 0 Å². The van der Waals surface area contributed by atoms with E-state index >= 15 is 0 Å². The predicted molar refractivity (Wildman–Crippen MR) is 57.6 cm³/mol. The molecule has 0 saturated carbocycles. The van der Waals surface area contributed by atoms with Gasteiger partial charge in [0.05, 0.1) is 22.8 Å². The molecule has 0 bridgehead atoms. The van der Waals surface area contributed by atoms with Gasteiger partial charge < -0.3 is 4.74 Å². The largest absolute Gasteiger partial charge is 0.492 e. The molecule has 0 amide bonds. The minimum absolute atomic E-state index is 0.00921. The molecule has 94 valence electrons. The van der Waals surface area contributed by atoms with Crippen LogP contribution in [0.2, 0.25) is 5.02 Å². The smallest absolute Gasteiger partial charge is 0.417 e. The van der Waals surface area contributed by atoms with Crippen LogP contribution in [0.3, 0.4) is 0 Å². The van der Waals surface area contributed by atoms with Gasteiger partial charge in [-0.25, -0.2) is 0 Å². The predicted octanol–water partition coefficient (Wildman–Crippen LogP) is 3.96. The summed E-state index contributed by atoms with van der Waals surface area (Å²) in [5.74, 6) is -0.945. The second-order valence-corrected chi connectivity index (χ2v) is 3.69. The van der Waals surface area contributed by atoms with Crippen molar-refractivity contribution in [1.82, 2.24) is 0 Å². The third-order valence-electron chi connectivity index (χ3n) is 2.06. The molecule has 6 heteroatoms. The first kappa shape index (κ1) is 13.8. The number of hydrogen-bond acceptors (Lipinski definition) is 2. The Kier molecular flexibility index (Phi) is 4.03. The summed E-state index contributed by atoms with van der Waals surface area (Å²) in [5, 5.41) is -0.00921. The van der Waals surface area contributed by atoms with Crippen LogP contribution in [0.1, 0.15) is 29.8 Å². The maximum atomic E-state index is 12.7. The third kappa shape index (κ3) is 2.91. The second kappa shape index (κ2) is 4.96. The topological polar surface area (TPSA) is 26.3 Å². The lowest BCUT2D eigenvalue weighted by Gasteiger charge is -2.16. The second-order valence-electron chi connectivity index (χ2n) is 3.29. The number of Topliss-reactive ketones (excluding diaryl/α,β-unsaturated/α-hetero) is 1. The zero-order chi connectivity index (χ0) is 13.2. The number of ether oxygens (including phenoxy) is 1. The molecule has 0 fully saturated rings. The number of hydrogen-bond donors (Lipinski definition) is 0. The summed E-state index contributed by atoms with van der Waals surface area (Å²) in [6.45, 7) is 2.77. The SMILES string of the molecule is CCOc1c(Cl)ccc(C(F)(F)F)c1C(C)=O. The van der Waals surface area contributed by atoms with Gasteiger partial charge in [0.25, 0.3) is 0 Å². The molecule has 0 aliphatic rings. The monoisotopic (exact) mass is 266 g/mol. The van der Waals surface area contributed by atoms with Crippen LogP contribution in [0.5, 0.6) is 5.75 Å². The van der Waals surface area contributed by atoms with Crippen molar-refractivity contribution < 1.29 is 22.7 Å². The van der Waals surface area contributed by atoms with Gasteiger partial charge >= 0.3 is 6.18 Å². The van der Waals surface area contributed by atoms with E-state index in [-0.39, 0.29) is 17.4 Å². The van der Waals surface area contributed by atoms with Crippen LogP contribution < -0.4 is 4.74 Å². The maximum Gasteiger partial charge on any atom is 0.417 e. The molecule has 0 unspecified atom stereocenters. The summed E-state index contributed by atoms with van der Waals surface area (Å²) in [4.78, 5) is 11.3. The lowest BCUT2D eigenvalue weighted by Crippen LogP contribution is -2.13. The van der Waals surface area contributed by atoms with Crippen molar-refractivity contribution in [1.29, 1.82) is 0 Å². The molecule has 0 N–H and O–H groups in total. The molecule has 0 spiro atoms. The molecule has 0 radical (unpaired) electrons. The molecule has 0 aliphatic heterocycles. The fourth-order valence-electron chi connectivity index (χ4n) is 1.43. The summed E-state index contributed by atoms with van der Waals surface area (Å²) in [7, 11) is 0. The Morgan fingerprint density at radius 2 is 2.00 bits per heavy atom. The highest BCUT2D eigenvalue weighted by Crippen LogP contribution is 2.39. The van der Waals surface area contributed by atoms with Gasteiger partial charge in [-0.15, -0.1) is 0 Å².